The Labute approximate surface area is 238 Å². The molecule has 39 heavy (non-hydrogen) atoms. The zero-order valence-electron chi connectivity index (χ0n) is 22.1. The molecule has 2 N–H and O–H groups in total. The molecule has 0 saturated carbocycles. The Balaban J connectivity index is 1.61. The van der Waals surface area contributed by atoms with Gasteiger partial charge in [0.25, 0.3) is 0 Å². The van der Waals surface area contributed by atoms with Crippen molar-refractivity contribution in [2.45, 2.75) is 32.9 Å². The second kappa shape index (κ2) is 11.1. The van der Waals surface area contributed by atoms with Crippen molar-refractivity contribution >= 4 is 46.2 Å². The number of carbonyl (C=O) groups excluding carboxylic acids is 1. The van der Waals surface area contributed by atoms with Gasteiger partial charge in [-0.15, -0.1) is 0 Å². The highest BCUT2D eigenvalue weighted by atomic mass is 35.5. The normalized spacial score (nSPS) is 16.8. The summed E-state index contributed by atoms with van der Waals surface area (Å²) in [4.78, 5) is 23.4. The van der Waals surface area contributed by atoms with Crippen molar-refractivity contribution in [3.05, 3.63) is 100 Å². The molecule has 1 amide bonds. The van der Waals surface area contributed by atoms with Crippen molar-refractivity contribution in [2.24, 2.45) is 0 Å². The van der Waals surface area contributed by atoms with Gasteiger partial charge in [-0.05, 0) is 92.6 Å². The van der Waals surface area contributed by atoms with E-state index in [1.807, 2.05) is 42.6 Å². The molecule has 1 saturated heterocycles. The molecule has 1 aliphatic heterocycles. The number of carbonyl (C=O) groups is 1. The number of hydrogen-bond donors (Lipinski definition) is 2. The van der Waals surface area contributed by atoms with Crippen LogP contribution in [-0.2, 0) is 9.53 Å². The van der Waals surface area contributed by atoms with E-state index in [0.29, 0.717) is 15.8 Å². The number of benzene rings is 1. The average Bonchev–Trinajstić information content (AvgIpc) is 3.40. The van der Waals surface area contributed by atoms with E-state index in [4.69, 9.17) is 28.6 Å². The Bertz CT molecular complexity index is 1540. The van der Waals surface area contributed by atoms with Crippen LogP contribution in [0.5, 0.6) is 0 Å². The highest BCUT2D eigenvalue weighted by Gasteiger charge is 2.42. The van der Waals surface area contributed by atoms with Crippen molar-refractivity contribution in [1.82, 2.24) is 19.9 Å². The molecule has 5 rings (SSSR count). The molecule has 0 aliphatic carbocycles. The molecule has 1 aromatic carbocycles. The van der Waals surface area contributed by atoms with Crippen LogP contribution in [0.4, 0.5) is 11.4 Å². The van der Waals surface area contributed by atoms with Gasteiger partial charge in [0, 0.05) is 36.6 Å². The Morgan fingerprint density at radius 3 is 2.62 bits per heavy atom. The van der Waals surface area contributed by atoms with Crippen LogP contribution in [0.1, 0.15) is 40.3 Å². The minimum Gasteiger partial charge on any atom is -0.375 e. The van der Waals surface area contributed by atoms with Gasteiger partial charge in [0.15, 0.2) is 5.11 Å². The average molecular weight is 561 g/mol. The Kier molecular flexibility index (Phi) is 7.65. The highest BCUT2D eigenvalue weighted by Crippen LogP contribution is 2.44. The summed E-state index contributed by atoms with van der Waals surface area (Å²) in [6.07, 6.45) is 3.61. The Hall–Kier alpha value is -3.79. The standard InChI is InChI=1S/C29H29ClN6O2S/c1-17-10-12-32-25(13-17)35-18(2)14-21(19(35)3)28-27(24-7-5-6-11-31-24)34-29(39)36(28)20-8-9-23(22(30)15-20)33-26(37)16-38-4/h5-15,27-28H,16H2,1-4H3,(H,33,37)(H,34,39)/t27-,28+/m1/s1. The number of pyridine rings is 2. The third kappa shape index (κ3) is 5.25. The van der Waals surface area contributed by atoms with E-state index in [1.165, 1.54) is 7.11 Å². The molecule has 200 valence electrons. The minimum atomic E-state index is -0.282. The number of thiocarbonyl (C=S) groups is 1. The van der Waals surface area contributed by atoms with E-state index in [2.05, 4.69) is 63.0 Å². The van der Waals surface area contributed by atoms with Gasteiger partial charge in [-0.3, -0.25) is 9.78 Å². The van der Waals surface area contributed by atoms with Crippen molar-refractivity contribution in [3.8, 4) is 5.82 Å². The van der Waals surface area contributed by atoms with E-state index >= 15 is 0 Å². The monoisotopic (exact) mass is 560 g/mol. The summed E-state index contributed by atoms with van der Waals surface area (Å²) in [5.74, 6) is 0.584. The van der Waals surface area contributed by atoms with Crippen LogP contribution in [-0.4, -0.2) is 39.3 Å². The van der Waals surface area contributed by atoms with Crippen LogP contribution in [0.25, 0.3) is 5.82 Å². The first-order chi connectivity index (χ1) is 18.8. The van der Waals surface area contributed by atoms with Gasteiger partial charge in [-0.25, -0.2) is 4.98 Å². The van der Waals surface area contributed by atoms with E-state index in [0.717, 1.165) is 39.7 Å². The minimum absolute atomic E-state index is 0.0581. The topological polar surface area (TPSA) is 84.3 Å². The number of ether oxygens (including phenoxy) is 1. The number of halogens is 1. The largest absolute Gasteiger partial charge is 0.375 e. The molecule has 0 radical (unpaired) electrons. The van der Waals surface area contributed by atoms with Crippen LogP contribution in [0.2, 0.25) is 5.02 Å². The number of rotatable bonds is 7. The lowest BCUT2D eigenvalue weighted by atomic mass is 9.96. The Morgan fingerprint density at radius 1 is 1.10 bits per heavy atom. The fourth-order valence-corrected chi connectivity index (χ4v) is 5.67. The fraction of sp³-hybridized carbons (Fsp3) is 0.241. The second-order valence-electron chi connectivity index (χ2n) is 9.50. The third-order valence-electron chi connectivity index (χ3n) is 6.80. The molecule has 0 spiro atoms. The summed E-state index contributed by atoms with van der Waals surface area (Å²) in [5.41, 5.74) is 6.52. The van der Waals surface area contributed by atoms with Gasteiger partial charge < -0.3 is 24.8 Å². The number of amides is 1. The smallest absolute Gasteiger partial charge is 0.250 e. The molecule has 2 atom stereocenters. The molecular formula is C29H29ClN6O2S. The van der Waals surface area contributed by atoms with E-state index in [9.17, 15) is 4.79 Å². The van der Waals surface area contributed by atoms with Crippen LogP contribution in [0, 0.1) is 20.8 Å². The lowest BCUT2D eigenvalue weighted by Crippen LogP contribution is -2.29. The summed E-state index contributed by atoms with van der Waals surface area (Å²) in [7, 11) is 1.47. The molecule has 8 nitrogen and oxygen atoms in total. The van der Waals surface area contributed by atoms with E-state index in [-0.39, 0.29) is 24.6 Å². The maximum absolute atomic E-state index is 12.1. The molecule has 3 aromatic heterocycles. The lowest BCUT2D eigenvalue weighted by Gasteiger charge is -2.28. The van der Waals surface area contributed by atoms with Crippen LogP contribution < -0.4 is 15.5 Å². The molecule has 1 fully saturated rings. The predicted molar refractivity (Wildman–Crippen MR) is 158 cm³/mol. The van der Waals surface area contributed by atoms with Gasteiger partial charge in [-0.1, -0.05) is 17.7 Å². The van der Waals surface area contributed by atoms with Gasteiger partial charge in [-0.2, -0.15) is 0 Å². The summed E-state index contributed by atoms with van der Waals surface area (Å²) >= 11 is 12.5. The number of aromatic nitrogens is 3. The highest BCUT2D eigenvalue weighted by molar-refractivity contribution is 7.80. The number of nitrogens with zero attached hydrogens (tertiary/aromatic N) is 4. The summed E-state index contributed by atoms with van der Waals surface area (Å²) < 4.78 is 7.08. The van der Waals surface area contributed by atoms with Crippen LogP contribution in [0.15, 0.2) is 67.0 Å². The maximum atomic E-state index is 12.1. The maximum Gasteiger partial charge on any atom is 0.250 e. The number of nitrogens with one attached hydrogen (secondary N) is 2. The quantitative estimate of drug-likeness (QED) is 0.284. The number of hydrogen-bond acceptors (Lipinski definition) is 5. The molecule has 10 heteroatoms. The first-order valence-corrected chi connectivity index (χ1v) is 13.3. The lowest BCUT2D eigenvalue weighted by molar-refractivity contribution is -0.119. The number of anilines is 2. The molecule has 4 aromatic rings. The first-order valence-electron chi connectivity index (χ1n) is 12.5. The van der Waals surface area contributed by atoms with Gasteiger partial charge in [0.05, 0.1) is 28.5 Å². The fourth-order valence-electron chi connectivity index (χ4n) is 5.10. The van der Waals surface area contributed by atoms with Crippen molar-refractivity contribution in [3.63, 3.8) is 0 Å². The number of aryl methyl sites for hydroxylation is 2. The molecule has 4 heterocycles. The predicted octanol–water partition coefficient (Wildman–Crippen LogP) is 5.61. The van der Waals surface area contributed by atoms with Gasteiger partial charge >= 0.3 is 0 Å². The first kappa shape index (κ1) is 26.8. The van der Waals surface area contributed by atoms with Crippen molar-refractivity contribution in [2.75, 3.05) is 23.9 Å². The second-order valence-corrected chi connectivity index (χ2v) is 10.3. The Morgan fingerprint density at radius 2 is 1.92 bits per heavy atom. The van der Waals surface area contributed by atoms with Gasteiger partial charge in [0.1, 0.15) is 12.4 Å². The summed E-state index contributed by atoms with van der Waals surface area (Å²) in [6.45, 7) is 6.18. The third-order valence-corrected chi connectivity index (χ3v) is 7.42. The van der Waals surface area contributed by atoms with E-state index < -0.39 is 0 Å². The molecule has 0 unspecified atom stereocenters. The van der Waals surface area contributed by atoms with Crippen LogP contribution >= 0.6 is 23.8 Å². The molecule has 1 aliphatic rings. The number of methoxy groups -OCH3 is 1. The molecular weight excluding hydrogens is 532 g/mol. The van der Waals surface area contributed by atoms with Crippen molar-refractivity contribution in [1.29, 1.82) is 0 Å². The summed E-state index contributed by atoms with van der Waals surface area (Å²) in [5, 5.41) is 7.23. The summed E-state index contributed by atoms with van der Waals surface area (Å²) in [6, 6.07) is 17.2. The zero-order chi connectivity index (χ0) is 27.7. The van der Waals surface area contributed by atoms with Gasteiger partial charge in [0.2, 0.25) is 5.91 Å². The van der Waals surface area contributed by atoms with E-state index in [1.54, 1.807) is 12.3 Å². The molecule has 0 bridgehead atoms. The zero-order valence-corrected chi connectivity index (χ0v) is 23.7. The van der Waals surface area contributed by atoms with Crippen LogP contribution in [0.3, 0.4) is 0 Å². The SMILES string of the molecule is COCC(=O)Nc1ccc(N2C(=S)N[C@H](c3ccccn3)[C@@H]2c2cc(C)n(-c3cc(C)ccn3)c2C)cc1Cl. The van der Waals surface area contributed by atoms with Crippen molar-refractivity contribution < 1.29 is 9.53 Å².